The molecular weight excluding hydrogens is 1000 g/mol. The largest absolute Gasteiger partial charge is 0.454 e. The quantitative estimate of drug-likeness (QED) is 0.0149. The molecule has 11 heteroatoms. The summed E-state index contributed by atoms with van der Waals surface area (Å²) < 4.78 is 17.6. The fourth-order valence-corrected chi connectivity index (χ4v) is 9.93. The molecule has 0 aliphatic carbocycles. The highest BCUT2D eigenvalue weighted by Crippen LogP contribution is 2.26. The number of esters is 1. The molecule has 1 aliphatic heterocycles. The average Bonchev–Trinajstić information content (AvgIpc) is 3.48. The van der Waals surface area contributed by atoms with Gasteiger partial charge in [0.25, 0.3) is 0 Å². The van der Waals surface area contributed by atoms with Crippen LogP contribution in [-0.2, 0) is 23.8 Å². The normalized spacial score (nSPS) is 19.3. The van der Waals surface area contributed by atoms with E-state index in [1.165, 1.54) is 148 Å². The Hall–Kier alpha value is -3.16. The van der Waals surface area contributed by atoms with E-state index in [0.29, 0.717) is 12.8 Å². The van der Waals surface area contributed by atoms with E-state index in [9.17, 15) is 35.1 Å². The second-order valence-electron chi connectivity index (χ2n) is 22.6. The summed E-state index contributed by atoms with van der Waals surface area (Å²) in [6.07, 6.45) is 63.4. The second-order valence-corrected chi connectivity index (χ2v) is 22.6. The zero-order chi connectivity index (χ0) is 58.2. The topological polar surface area (TPSA) is 175 Å². The molecule has 1 amide bonds. The maximum atomic E-state index is 13.5. The second kappa shape index (κ2) is 56.3. The number of amides is 1. The highest BCUT2D eigenvalue weighted by atomic mass is 16.7. The number of ether oxygens (including phenoxy) is 3. The van der Waals surface area contributed by atoms with Crippen LogP contribution in [0.25, 0.3) is 0 Å². The summed E-state index contributed by atoms with van der Waals surface area (Å²) in [5.74, 6) is -1.22. The molecule has 8 atom stereocenters. The van der Waals surface area contributed by atoms with Crippen LogP contribution in [0.4, 0.5) is 0 Å². The standard InChI is InChI=1S/C69H121NO10/c1-4-7-10-13-16-19-22-25-27-28-29-30-31-32-33-34-35-37-38-41-44-47-50-53-56-62(73)68(77)70-60(61(72)55-52-49-46-43-40-24-21-18-15-12-9-6-3)59-78-69-67(66(76)65(75)63(58-71)79-69)80-64(74)57-54-51-48-45-42-39-36-26-23-20-17-14-11-8-5-2/h8,11,14,16-17,19-20,23,25-27,36,52,55,60-63,65-67,69,71-73,75-76H,4-7,9-10,12-13,15,18,21-22,24,28-35,37-51,53-54,56-59H2,1-3H3,(H,70,77)/b11-8+,17-14+,19-16-,23-20+,27-25-,36-26-,55-52+. The van der Waals surface area contributed by atoms with Crippen molar-refractivity contribution < 1.29 is 49.3 Å². The molecule has 0 bridgehead atoms. The van der Waals surface area contributed by atoms with E-state index in [-0.39, 0.29) is 19.4 Å². The zero-order valence-electron chi connectivity index (χ0n) is 51.2. The summed E-state index contributed by atoms with van der Waals surface area (Å²) in [5, 5.41) is 57.1. The molecule has 0 aromatic heterocycles. The van der Waals surface area contributed by atoms with Gasteiger partial charge in [-0.2, -0.15) is 0 Å². The molecular formula is C69H121NO10. The van der Waals surface area contributed by atoms with Gasteiger partial charge in [0.15, 0.2) is 12.4 Å². The third kappa shape index (κ3) is 43.5. The highest BCUT2D eigenvalue weighted by molar-refractivity contribution is 5.80. The summed E-state index contributed by atoms with van der Waals surface area (Å²) in [6, 6.07) is -1.03. The average molecular weight is 1120 g/mol. The molecule has 0 radical (unpaired) electrons. The van der Waals surface area contributed by atoms with Gasteiger partial charge in [0.2, 0.25) is 5.91 Å². The smallest absolute Gasteiger partial charge is 0.306 e. The Morgan fingerprint density at radius 1 is 0.512 bits per heavy atom. The monoisotopic (exact) mass is 1120 g/mol. The Balaban J connectivity index is 2.61. The first-order valence-electron chi connectivity index (χ1n) is 32.9. The minimum absolute atomic E-state index is 0.0949. The molecule has 0 aromatic rings. The molecule has 1 heterocycles. The molecule has 0 spiro atoms. The van der Waals surface area contributed by atoms with Crippen molar-refractivity contribution >= 4 is 11.9 Å². The van der Waals surface area contributed by atoms with Crippen LogP contribution >= 0.6 is 0 Å². The van der Waals surface area contributed by atoms with Crippen LogP contribution in [0.5, 0.6) is 0 Å². The van der Waals surface area contributed by atoms with Crippen LogP contribution < -0.4 is 5.32 Å². The Bertz CT molecular complexity index is 1620. The lowest BCUT2D eigenvalue weighted by Gasteiger charge is -2.41. The third-order valence-corrected chi connectivity index (χ3v) is 15.1. The molecule has 11 nitrogen and oxygen atoms in total. The number of aliphatic hydroxyl groups excluding tert-OH is 5. The van der Waals surface area contributed by atoms with Crippen molar-refractivity contribution in [3.8, 4) is 0 Å². The number of hydrogen-bond donors (Lipinski definition) is 6. The van der Waals surface area contributed by atoms with Gasteiger partial charge in [-0.05, 0) is 77.0 Å². The SMILES string of the molecule is CC/C=C/C=C/C=C/C=C\CCCCCCCC(=O)OC1C(OCC(NC(=O)C(O)CCCCCCCCCCCCCCCC/C=C\C/C=C\CCCCC)C(O)/C=C/CCCCCCCCCCCC)OC(CO)C(O)C1O. The van der Waals surface area contributed by atoms with Gasteiger partial charge in [-0.1, -0.05) is 279 Å². The lowest BCUT2D eigenvalue weighted by molar-refractivity contribution is -0.305. The Morgan fingerprint density at radius 3 is 1.48 bits per heavy atom. The number of carbonyl (C=O) groups is 2. The van der Waals surface area contributed by atoms with Gasteiger partial charge >= 0.3 is 5.97 Å². The minimum atomic E-state index is -1.63. The predicted octanol–water partition coefficient (Wildman–Crippen LogP) is 16.1. The lowest BCUT2D eigenvalue weighted by atomic mass is 9.99. The van der Waals surface area contributed by atoms with Crippen molar-refractivity contribution in [3.63, 3.8) is 0 Å². The van der Waals surface area contributed by atoms with E-state index in [2.05, 4.69) is 68.6 Å². The van der Waals surface area contributed by atoms with E-state index in [0.717, 1.165) is 83.5 Å². The molecule has 462 valence electrons. The van der Waals surface area contributed by atoms with Gasteiger partial charge < -0.3 is 45.1 Å². The van der Waals surface area contributed by atoms with Crippen LogP contribution in [0.2, 0.25) is 0 Å². The number of allylic oxidation sites excluding steroid dienone is 13. The molecule has 80 heavy (non-hydrogen) atoms. The first-order chi connectivity index (χ1) is 39.2. The van der Waals surface area contributed by atoms with E-state index in [4.69, 9.17) is 14.2 Å². The van der Waals surface area contributed by atoms with Crippen molar-refractivity contribution in [1.82, 2.24) is 5.32 Å². The zero-order valence-corrected chi connectivity index (χ0v) is 51.2. The molecule has 1 fully saturated rings. The molecule has 1 saturated heterocycles. The summed E-state index contributed by atoms with van der Waals surface area (Å²) in [5.41, 5.74) is 0. The summed E-state index contributed by atoms with van der Waals surface area (Å²) >= 11 is 0. The number of aliphatic hydroxyl groups is 5. The van der Waals surface area contributed by atoms with Gasteiger partial charge in [-0.25, -0.2) is 0 Å². The Morgan fingerprint density at radius 2 is 0.950 bits per heavy atom. The third-order valence-electron chi connectivity index (χ3n) is 15.1. The number of unbranched alkanes of at least 4 members (excludes halogenated alkanes) is 32. The van der Waals surface area contributed by atoms with Crippen molar-refractivity contribution in [2.45, 2.75) is 327 Å². The van der Waals surface area contributed by atoms with Gasteiger partial charge in [0.1, 0.15) is 24.4 Å². The summed E-state index contributed by atoms with van der Waals surface area (Å²) in [6.45, 7) is 5.62. The molecule has 0 aromatic carbocycles. The van der Waals surface area contributed by atoms with Crippen LogP contribution in [-0.4, -0.2) is 99.6 Å². The predicted molar refractivity (Wildman–Crippen MR) is 333 cm³/mol. The molecule has 1 rings (SSSR count). The molecule has 1 aliphatic rings. The Labute approximate surface area is 489 Å². The van der Waals surface area contributed by atoms with E-state index < -0.39 is 67.4 Å². The number of rotatable bonds is 55. The van der Waals surface area contributed by atoms with Gasteiger partial charge in [0, 0.05) is 6.42 Å². The Kier molecular flexibility index (Phi) is 52.7. The van der Waals surface area contributed by atoms with E-state index >= 15 is 0 Å². The maximum Gasteiger partial charge on any atom is 0.306 e. The van der Waals surface area contributed by atoms with Crippen LogP contribution in [0.15, 0.2) is 85.1 Å². The van der Waals surface area contributed by atoms with Crippen LogP contribution in [0.1, 0.15) is 278 Å². The number of carbonyl (C=O) groups excluding carboxylic acids is 2. The van der Waals surface area contributed by atoms with Gasteiger partial charge in [0.05, 0.1) is 25.4 Å². The van der Waals surface area contributed by atoms with Crippen molar-refractivity contribution in [2.24, 2.45) is 0 Å². The summed E-state index contributed by atoms with van der Waals surface area (Å²) in [4.78, 5) is 26.6. The fraction of sp³-hybridized carbons (Fsp3) is 0.768. The van der Waals surface area contributed by atoms with Crippen molar-refractivity contribution in [1.29, 1.82) is 0 Å². The highest BCUT2D eigenvalue weighted by Gasteiger charge is 2.47. The van der Waals surface area contributed by atoms with Crippen molar-refractivity contribution in [2.75, 3.05) is 13.2 Å². The maximum absolute atomic E-state index is 13.5. The van der Waals surface area contributed by atoms with Crippen LogP contribution in [0, 0.1) is 0 Å². The fourth-order valence-electron chi connectivity index (χ4n) is 9.93. The molecule has 0 saturated carbocycles. The van der Waals surface area contributed by atoms with E-state index in [1.807, 2.05) is 36.5 Å². The first-order valence-corrected chi connectivity index (χ1v) is 32.9. The number of hydrogen-bond acceptors (Lipinski definition) is 10. The van der Waals surface area contributed by atoms with Gasteiger partial charge in [-0.3, -0.25) is 9.59 Å². The van der Waals surface area contributed by atoms with Crippen LogP contribution in [0.3, 0.4) is 0 Å². The molecule has 6 N–H and O–H groups in total. The minimum Gasteiger partial charge on any atom is -0.454 e. The first kappa shape index (κ1) is 74.9. The summed E-state index contributed by atoms with van der Waals surface area (Å²) in [7, 11) is 0. The van der Waals surface area contributed by atoms with Gasteiger partial charge in [-0.15, -0.1) is 0 Å². The number of nitrogens with one attached hydrogen (secondary N) is 1. The van der Waals surface area contributed by atoms with Crippen molar-refractivity contribution in [3.05, 3.63) is 85.1 Å². The lowest BCUT2D eigenvalue weighted by Crippen LogP contribution is -2.61. The van der Waals surface area contributed by atoms with E-state index in [1.54, 1.807) is 6.08 Å². The molecule has 8 unspecified atom stereocenters.